The Bertz CT molecular complexity index is 3040. The number of aryl methyl sites for hydroxylation is 2. The summed E-state index contributed by atoms with van der Waals surface area (Å²) in [7, 11) is 0. The summed E-state index contributed by atoms with van der Waals surface area (Å²) in [6, 6.07) is 40.5. The van der Waals surface area contributed by atoms with Gasteiger partial charge in [0.25, 0.3) is 0 Å². The van der Waals surface area contributed by atoms with Gasteiger partial charge in [0.2, 0.25) is 0 Å². The van der Waals surface area contributed by atoms with Crippen molar-refractivity contribution >= 4 is 66.6 Å². The predicted octanol–water partition coefficient (Wildman–Crippen LogP) is 11.2. The lowest BCUT2D eigenvalue weighted by atomic mass is 9.76. The second-order valence-corrected chi connectivity index (χ2v) is 14.7. The minimum Gasteiger partial charge on any atom is -0.422 e. The van der Waals surface area contributed by atoms with E-state index >= 15 is 0 Å². The number of rotatable bonds is 4. The molecule has 0 spiro atoms. The van der Waals surface area contributed by atoms with Crippen LogP contribution in [0.2, 0.25) is 0 Å². The third-order valence-electron chi connectivity index (χ3n) is 11.4. The number of ketones is 2. The highest BCUT2D eigenvalue weighted by Crippen LogP contribution is 2.55. The van der Waals surface area contributed by atoms with Crippen LogP contribution < -0.4 is 9.47 Å². The molecule has 0 atom stereocenters. The topological polar surface area (TPSA) is 86.7 Å². The van der Waals surface area contributed by atoms with Gasteiger partial charge in [-0.15, -0.1) is 0 Å². The van der Waals surface area contributed by atoms with Crippen LogP contribution >= 0.6 is 0 Å². The van der Waals surface area contributed by atoms with Gasteiger partial charge in [-0.3, -0.25) is 9.59 Å². The fraction of sp³-hybridized carbons (Fsp3) is 0.0400. The van der Waals surface area contributed by atoms with E-state index in [4.69, 9.17) is 9.47 Å². The monoisotopic (exact) mass is 724 g/mol. The molecule has 9 aromatic carbocycles. The molecule has 0 aliphatic heterocycles. The molecule has 0 heterocycles. The van der Waals surface area contributed by atoms with Crippen LogP contribution in [0, 0.1) is 13.8 Å². The zero-order chi connectivity index (χ0) is 38.0. The molecule has 0 radical (unpaired) electrons. The Morgan fingerprint density at radius 1 is 0.375 bits per heavy atom. The molecule has 264 valence electrons. The average molecular weight is 725 g/mol. The molecule has 6 nitrogen and oxygen atoms in total. The summed E-state index contributed by atoms with van der Waals surface area (Å²) in [6.45, 7) is 3.90. The van der Waals surface area contributed by atoms with E-state index in [0.717, 1.165) is 44.2 Å². The standard InChI is InChI=1S/C50H28O6/c1-25-11-15-27(16-12-25)49(53)55-39-23-37-29-7-3-5-9-33(29)47(51)35-21-19-31-32-20-22-36-42-38(30-8-4-6-10-34(30)48(36)52)24-40(46(44(32)42)45(39)43(31)41(35)37)56-50(54)28-17-13-26(2)14-18-28/h3-24H,1-2H3. The second kappa shape index (κ2) is 11.5. The highest BCUT2D eigenvalue weighted by molar-refractivity contribution is 6.43. The fourth-order valence-electron chi connectivity index (χ4n) is 8.81. The van der Waals surface area contributed by atoms with E-state index in [1.165, 1.54) is 0 Å². The van der Waals surface area contributed by atoms with Gasteiger partial charge < -0.3 is 9.47 Å². The number of fused-ring (bicyclic) bond motifs is 6. The molecular formula is C50H28O6. The average Bonchev–Trinajstić information content (AvgIpc) is 3.22. The van der Waals surface area contributed by atoms with Crippen molar-refractivity contribution in [2.24, 2.45) is 0 Å². The van der Waals surface area contributed by atoms with Crippen LogP contribution in [-0.2, 0) is 0 Å². The first-order valence-electron chi connectivity index (χ1n) is 18.4. The highest BCUT2D eigenvalue weighted by Gasteiger charge is 2.34. The van der Waals surface area contributed by atoms with Gasteiger partial charge in [0.05, 0.1) is 11.1 Å². The van der Waals surface area contributed by atoms with Gasteiger partial charge in [-0.05, 0) is 95.4 Å². The van der Waals surface area contributed by atoms with Crippen LogP contribution in [0.1, 0.15) is 63.7 Å². The van der Waals surface area contributed by atoms with Crippen LogP contribution in [-0.4, -0.2) is 23.5 Å². The van der Waals surface area contributed by atoms with Gasteiger partial charge in [-0.2, -0.15) is 0 Å². The third kappa shape index (κ3) is 4.38. The molecule has 56 heavy (non-hydrogen) atoms. The lowest BCUT2D eigenvalue weighted by molar-refractivity contribution is 0.0726. The molecule has 0 bridgehead atoms. The molecule has 0 saturated heterocycles. The van der Waals surface area contributed by atoms with E-state index in [-0.39, 0.29) is 23.1 Å². The molecule has 11 rings (SSSR count). The minimum atomic E-state index is -0.568. The van der Waals surface area contributed by atoms with Gasteiger partial charge in [0, 0.05) is 54.6 Å². The predicted molar refractivity (Wildman–Crippen MR) is 218 cm³/mol. The summed E-state index contributed by atoms with van der Waals surface area (Å²) in [5.41, 5.74) is 7.82. The second-order valence-electron chi connectivity index (χ2n) is 14.7. The first kappa shape index (κ1) is 32.0. The zero-order valence-corrected chi connectivity index (χ0v) is 30.2. The maximum atomic E-state index is 14.2. The summed E-state index contributed by atoms with van der Waals surface area (Å²) in [5, 5.41) is 5.43. The largest absolute Gasteiger partial charge is 0.422 e. The van der Waals surface area contributed by atoms with Crippen molar-refractivity contribution in [1.82, 2.24) is 0 Å². The van der Waals surface area contributed by atoms with Gasteiger partial charge >= 0.3 is 11.9 Å². The molecule has 2 aliphatic rings. The molecule has 9 aromatic rings. The van der Waals surface area contributed by atoms with Crippen LogP contribution in [0.25, 0.3) is 65.3 Å². The maximum absolute atomic E-state index is 14.2. The summed E-state index contributed by atoms with van der Waals surface area (Å²) >= 11 is 0. The number of benzene rings is 9. The normalized spacial score (nSPS) is 12.7. The number of carbonyl (C=O) groups excluding carboxylic acids is 4. The minimum absolute atomic E-state index is 0.112. The van der Waals surface area contributed by atoms with Crippen molar-refractivity contribution in [3.05, 3.63) is 178 Å². The molecule has 2 aliphatic carbocycles. The van der Waals surface area contributed by atoms with Crippen LogP contribution in [0.15, 0.2) is 133 Å². The Morgan fingerprint density at radius 3 is 1.14 bits per heavy atom. The first-order valence-corrected chi connectivity index (χ1v) is 18.4. The Labute approximate surface area is 319 Å². The van der Waals surface area contributed by atoms with Crippen LogP contribution in [0.4, 0.5) is 0 Å². The number of esters is 2. The van der Waals surface area contributed by atoms with Crippen molar-refractivity contribution in [3.63, 3.8) is 0 Å². The van der Waals surface area contributed by atoms with Crippen molar-refractivity contribution in [2.75, 3.05) is 0 Å². The first-order chi connectivity index (χ1) is 27.3. The van der Waals surface area contributed by atoms with E-state index in [1.807, 2.05) is 123 Å². The van der Waals surface area contributed by atoms with Gasteiger partial charge in [-0.1, -0.05) is 96.1 Å². The Hall–Kier alpha value is -7.44. The smallest absolute Gasteiger partial charge is 0.343 e. The number of carbonyl (C=O) groups is 4. The lowest BCUT2D eigenvalue weighted by Crippen LogP contribution is -2.14. The highest BCUT2D eigenvalue weighted by atomic mass is 16.5. The Kier molecular flexibility index (Phi) is 6.60. The molecule has 0 fully saturated rings. The summed E-state index contributed by atoms with van der Waals surface area (Å²) in [4.78, 5) is 56.7. The van der Waals surface area contributed by atoms with E-state index < -0.39 is 11.9 Å². The third-order valence-corrected chi connectivity index (χ3v) is 11.4. The van der Waals surface area contributed by atoms with Crippen LogP contribution in [0.3, 0.4) is 0 Å². The number of hydrogen-bond donors (Lipinski definition) is 0. The van der Waals surface area contributed by atoms with E-state index in [1.54, 1.807) is 24.3 Å². The maximum Gasteiger partial charge on any atom is 0.343 e. The van der Waals surface area contributed by atoms with E-state index in [2.05, 4.69) is 0 Å². The van der Waals surface area contributed by atoms with E-state index in [0.29, 0.717) is 65.7 Å². The summed E-state index contributed by atoms with van der Waals surface area (Å²) < 4.78 is 12.9. The molecule has 6 heteroatoms. The number of ether oxygens (including phenoxy) is 2. The van der Waals surface area contributed by atoms with Crippen molar-refractivity contribution < 1.29 is 28.7 Å². The van der Waals surface area contributed by atoms with Crippen LogP contribution in [0.5, 0.6) is 11.5 Å². The lowest BCUT2D eigenvalue weighted by Gasteiger charge is -2.27. The molecular weight excluding hydrogens is 697 g/mol. The van der Waals surface area contributed by atoms with E-state index in [9.17, 15) is 19.2 Å². The molecule has 0 saturated carbocycles. The SMILES string of the molecule is Cc1ccc(C(=O)Oc2cc3c4c(ccc5c6ccc7c8c(cc(OC(=O)c9ccc(C)cc9)c(c2c45)c86)-c2ccccc2C7=O)C(=O)c2ccccc2-3)cc1. The summed E-state index contributed by atoms with van der Waals surface area (Å²) in [5.74, 6) is -0.883. The molecule has 0 unspecified atom stereocenters. The molecule has 0 N–H and O–H groups in total. The fourth-order valence-corrected chi connectivity index (χ4v) is 8.81. The zero-order valence-electron chi connectivity index (χ0n) is 30.2. The Morgan fingerprint density at radius 2 is 0.750 bits per heavy atom. The summed E-state index contributed by atoms with van der Waals surface area (Å²) in [6.07, 6.45) is 0. The van der Waals surface area contributed by atoms with Crippen molar-refractivity contribution in [3.8, 4) is 33.8 Å². The number of hydrogen-bond acceptors (Lipinski definition) is 6. The van der Waals surface area contributed by atoms with Crippen molar-refractivity contribution in [2.45, 2.75) is 13.8 Å². The molecule has 0 aromatic heterocycles. The quantitative estimate of drug-likeness (QED) is 0.0777. The van der Waals surface area contributed by atoms with Gasteiger partial charge in [-0.25, -0.2) is 9.59 Å². The van der Waals surface area contributed by atoms with Crippen molar-refractivity contribution in [1.29, 1.82) is 0 Å². The molecule has 0 amide bonds. The van der Waals surface area contributed by atoms with Gasteiger partial charge in [0.15, 0.2) is 11.6 Å². The van der Waals surface area contributed by atoms with Gasteiger partial charge in [0.1, 0.15) is 11.5 Å². The Balaban J connectivity index is 1.33.